The number of benzene rings is 2. The number of phenolic OH excluding ortho intramolecular Hbond substituents is 1. The summed E-state index contributed by atoms with van der Waals surface area (Å²) in [6.45, 7) is 9.56. The maximum absolute atomic E-state index is 12.2. The molecule has 0 aliphatic heterocycles. The predicted octanol–water partition coefficient (Wildman–Crippen LogP) is 3.61. The molecule has 146 valence electrons. The first-order valence-electron chi connectivity index (χ1n) is 9.07. The standard InChI is InChI=1S/C22H21N5O2/c1-10(2)13-6-7-14-15(9-13)26-22-18(25-14)17(21(24)29)20(23)27(22)19-11(3)5-8-16(28)12(19)4/h5-9,28H,1,23H2,2-4H3,(H2,24,29). The number of aromatic hydroxyl groups is 1. The van der Waals surface area contributed by atoms with Gasteiger partial charge in [-0.15, -0.1) is 0 Å². The fourth-order valence-electron chi connectivity index (χ4n) is 3.62. The average molecular weight is 387 g/mol. The number of fused-ring (bicyclic) bond motifs is 2. The lowest BCUT2D eigenvalue weighted by molar-refractivity contribution is 0.100. The Kier molecular flexibility index (Phi) is 4.04. The van der Waals surface area contributed by atoms with Crippen LogP contribution in [-0.4, -0.2) is 25.5 Å². The van der Waals surface area contributed by atoms with Gasteiger partial charge in [-0.05, 0) is 50.1 Å². The van der Waals surface area contributed by atoms with Gasteiger partial charge in [0.2, 0.25) is 0 Å². The van der Waals surface area contributed by atoms with E-state index in [1.165, 1.54) is 0 Å². The summed E-state index contributed by atoms with van der Waals surface area (Å²) in [6, 6.07) is 9.02. The minimum atomic E-state index is -0.686. The van der Waals surface area contributed by atoms with Crippen LogP contribution < -0.4 is 11.5 Å². The maximum atomic E-state index is 12.2. The van der Waals surface area contributed by atoms with Crippen molar-refractivity contribution < 1.29 is 9.90 Å². The van der Waals surface area contributed by atoms with Crippen molar-refractivity contribution in [3.63, 3.8) is 0 Å². The summed E-state index contributed by atoms with van der Waals surface area (Å²) in [5.41, 5.74) is 18.0. The van der Waals surface area contributed by atoms with E-state index < -0.39 is 5.91 Å². The molecular formula is C22H21N5O2. The van der Waals surface area contributed by atoms with E-state index in [1.54, 1.807) is 23.6 Å². The van der Waals surface area contributed by atoms with Gasteiger partial charge in [-0.1, -0.05) is 24.3 Å². The van der Waals surface area contributed by atoms with Gasteiger partial charge in [-0.3, -0.25) is 9.36 Å². The molecule has 0 bridgehead atoms. The summed E-state index contributed by atoms with van der Waals surface area (Å²) in [6.07, 6.45) is 0. The van der Waals surface area contributed by atoms with Gasteiger partial charge in [0.15, 0.2) is 5.65 Å². The molecule has 4 aromatic rings. The highest BCUT2D eigenvalue weighted by Gasteiger charge is 2.25. The Morgan fingerprint density at radius 3 is 2.52 bits per heavy atom. The van der Waals surface area contributed by atoms with Crippen molar-refractivity contribution in [2.45, 2.75) is 20.8 Å². The van der Waals surface area contributed by atoms with E-state index in [4.69, 9.17) is 16.5 Å². The molecule has 0 radical (unpaired) electrons. The summed E-state index contributed by atoms with van der Waals surface area (Å²) in [4.78, 5) is 21.6. The van der Waals surface area contributed by atoms with Crippen molar-refractivity contribution >= 4 is 39.5 Å². The number of rotatable bonds is 3. The molecule has 2 aromatic carbocycles. The number of carbonyl (C=O) groups excluding carboxylic acids is 1. The summed E-state index contributed by atoms with van der Waals surface area (Å²) < 4.78 is 1.64. The molecule has 2 aromatic heterocycles. The number of nitrogens with zero attached hydrogens (tertiary/aromatic N) is 3. The lowest BCUT2D eigenvalue weighted by Gasteiger charge is -2.15. The second-order valence-electron chi connectivity index (χ2n) is 7.21. The number of aromatic nitrogens is 3. The van der Waals surface area contributed by atoms with E-state index in [-0.39, 0.29) is 17.1 Å². The quantitative estimate of drug-likeness (QED) is 0.496. The molecule has 7 nitrogen and oxygen atoms in total. The summed E-state index contributed by atoms with van der Waals surface area (Å²) in [7, 11) is 0. The molecule has 0 unspecified atom stereocenters. The van der Waals surface area contributed by atoms with Crippen LogP contribution >= 0.6 is 0 Å². The topological polar surface area (TPSA) is 120 Å². The highest BCUT2D eigenvalue weighted by molar-refractivity contribution is 6.10. The predicted molar refractivity (Wildman–Crippen MR) is 115 cm³/mol. The monoisotopic (exact) mass is 387 g/mol. The average Bonchev–Trinajstić information content (AvgIpc) is 2.94. The van der Waals surface area contributed by atoms with Crippen LogP contribution in [0.5, 0.6) is 5.75 Å². The van der Waals surface area contributed by atoms with Crippen LogP contribution in [0.4, 0.5) is 5.82 Å². The fourth-order valence-corrected chi connectivity index (χ4v) is 3.62. The zero-order valence-electron chi connectivity index (χ0n) is 16.4. The third kappa shape index (κ3) is 2.70. The third-order valence-corrected chi connectivity index (χ3v) is 5.16. The molecular weight excluding hydrogens is 366 g/mol. The van der Waals surface area contributed by atoms with Gasteiger partial charge in [0.05, 0.1) is 16.7 Å². The number of anilines is 1. The highest BCUT2D eigenvalue weighted by atomic mass is 16.3. The molecule has 0 aliphatic carbocycles. The Labute approximate surface area is 167 Å². The normalized spacial score (nSPS) is 11.3. The van der Waals surface area contributed by atoms with Crippen molar-refractivity contribution in [2.24, 2.45) is 5.73 Å². The van der Waals surface area contributed by atoms with Crippen molar-refractivity contribution in [1.29, 1.82) is 0 Å². The number of primary amides is 1. The number of aryl methyl sites for hydroxylation is 1. The van der Waals surface area contributed by atoms with E-state index in [1.807, 2.05) is 32.0 Å². The van der Waals surface area contributed by atoms with E-state index in [0.29, 0.717) is 33.4 Å². The highest BCUT2D eigenvalue weighted by Crippen LogP contribution is 2.35. The fraction of sp³-hybridized carbons (Fsp3) is 0.136. The molecule has 2 heterocycles. The first-order valence-corrected chi connectivity index (χ1v) is 9.07. The Balaban J connectivity index is 2.19. The summed E-state index contributed by atoms with van der Waals surface area (Å²) in [5.74, 6) is -0.431. The van der Waals surface area contributed by atoms with Gasteiger partial charge in [-0.2, -0.15) is 0 Å². The van der Waals surface area contributed by atoms with Gasteiger partial charge >= 0.3 is 0 Å². The zero-order chi connectivity index (χ0) is 21.0. The van der Waals surface area contributed by atoms with Crippen LogP contribution in [0.15, 0.2) is 36.9 Å². The molecule has 0 aliphatic rings. The Hall–Kier alpha value is -3.87. The minimum absolute atomic E-state index is 0.112. The minimum Gasteiger partial charge on any atom is -0.508 e. The molecule has 29 heavy (non-hydrogen) atoms. The number of nitrogens with two attached hydrogens (primary N) is 2. The number of hydrogen-bond donors (Lipinski definition) is 3. The number of nitrogen functional groups attached to an aromatic ring is 1. The van der Waals surface area contributed by atoms with Crippen molar-refractivity contribution in [3.05, 3.63) is 59.2 Å². The van der Waals surface area contributed by atoms with Crippen LogP contribution in [0.1, 0.15) is 34.0 Å². The Morgan fingerprint density at radius 2 is 1.86 bits per heavy atom. The van der Waals surface area contributed by atoms with Crippen LogP contribution in [0.3, 0.4) is 0 Å². The molecule has 0 fully saturated rings. The second-order valence-corrected chi connectivity index (χ2v) is 7.21. The molecule has 1 amide bonds. The van der Waals surface area contributed by atoms with Gasteiger partial charge in [-0.25, -0.2) is 9.97 Å². The molecule has 7 heteroatoms. The van der Waals surface area contributed by atoms with Crippen molar-refractivity contribution in [1.82, 2.24) is 14.5 Å². The SMILES string of the molecule is C=C(C)c1ccc2nc3c(C(N)=O)c(N)n(-c4c(C)ccc(O)c4C)c3nc2c1. The van der Waals surface area contributed by atoms with Crippen molar-refractivity contribution in [3.8, 4) is 11.4 Å². The summed E-state index contributed by atoms with van der Waals surface area (Å²) in [5, 5.41) is 10.2. The molecule has 0 spiro atoms. The number of carbonyl (C=O) groups is 1. The first-order chi connectivity index (χ1) is 13.7. The van der Waals surface area contributed by atoms with Crippen LogP contribution in [0.2, 0.25) is 0 Å². The van der Waals surface area contributed by atoms with Gasteiger partial charge in [0.25, 0.3) is 5.91 Å². The van der Waals surface area contributed by atoms with Gasteiger partial charge < -0.3 is 16.6 Å². The largest absolute Gasteiger partial charge is 0.508 e. The van der Waals surface area contributed by atoms with Crippen LogP contribution in [0.25, 0.3) is 33.5 Å². The molecule has 5 N–H and O–H groups in total. The molecule has 0 saturated carbocycles. The lowest BCUT2D eigenvalue weighted by Crippen LogP contribution is -2.14. The maximum Gasteiger partial charge on any atom is 0.254 e. The summed E-state index contributed by atoms with van der Waals surface area (Å²) >= 11 is 0. The van der Waals surface area contributed by atoms with Crippen LogP contribution in [0, 0.1) is 13.8 Å². The lowest BCUT2D eigenvalue weighted by atomic mass is 10.1. The number of hydrogen-bond acceptors (Lipinski definition) is 5. The van der Waals surface area contributed by atoms with Crippen molar-refractivity contribution in [2.75, 3.05) is 5.73 Å². The van der Waals surface area contributed by atoms with Gasteiger partial charge in [0, 0.05) is 5.56 Å². The van der Waals surface area contributed by atoms with E-state index in [2.05, 4.69) is 11.6 Å². The van der Waals surface area contributed by atoms with E-state index in [0.717, 1.165) is 16.7 Å². The smallest absolute Gasteiger partial charge is 0.254 e. The first kappa shape index (κ1) is 18.5. The second kappa shape index (κ2) is 6.34. The third-order valence-electron chi connectivity index (χ3n) is 5.16. The molecule has 0 atom stereocenters. The Bertz CT molecular complexity index is 1350. The number of amides is 1. The van der Waals surface area contributed by atoms with E-state index in [9.17, 15) is 9.90 Å². The number of allylic oxidation sites excluding steroid dienone is 1. The van der Waals surface area contributed by atoms with E-state index >= 15 is 0 Å². The zero-order valence-corrected chi connectivity index (χ0v) is 16.4. The molecule has 4 rings (SSSR count). The Morgan fingerprint density at radius 1 is 1.14 bits per heavy atom. The van der Waals surface area contributed by atoms with Crippen LogP contribution in [-0.2, 0) is 0 Å². The number of phenols is 1. The van der Waals surface area contributed by atoms with Gasteiger partial charge in [0.1, 0.15) is 22.6 Å². The molecule has 0 saturated heterocycles.